The number of carbonyl (C=O) groups excluding carboxylic acids is 3. The number of hydrogen-bond donors (Lipinski definition) is 0. The summed E-state index contributed by atoms with van der Waals surface area (Å²) in [6.45, 7) is 6.30. The predicted octanol–water partition coefficient (Wildman–Crippen LogP) is 19.4. The van der Waals surface area contributed by atoms with Gasteiger partial charge in [0.1, 0.15) is 13.2 Å². The number of rotatable bonds is 50. The molecule has 0 saturated heterocycles. The minimum atomic E-state index is -0.818. The van der Waals surface area contributed by atoms with E-state index >= 15 is 0 Å². The number of carbonyl (C=O) groups is 3. The molecule has 0 aliphatic rings. The van der Waals surface area contributed by atoms with Crippen molar-refractivity contribution < 1.29 is 28.6 Å². The number of unbranched alkanes of at least 4 members (excludes halogenated alkanes) is 17. The van der Waals surface area contributed by atoms with E-state index in [1.165, 1.54) is 64.2 Å². The van der Waals surface area contributed by atoms with Crippen molar-refractivity contribution in [2.45, 2.75) is 245 Å². The summed E-state index contributed by atoms with van der Waals surface area (Å²) in [5.41, 5.74) is 0. The molecule has 0 aromatic rings. The van der Waals surface area contributed by atoms with E-state index in [1.807, 2.05) is 0 Å². The van der Waals surface area contributed by atoms with Crippen molar-refractivity contribution in [3.05, 3.63) is 134 Å². The number of esters is 3. The smallest absolute Gasteiger partial charge is 0.306 e. The van der Waals surface area contributed by atoms with Crippen LogP contribution in [0.4, 0.5) is 0 Å². The minimum absolute atomic E-state index is 0.111. The maximum Gasteiger partial charge on any atom is 0.306 e. The van der Waals surface area contributed by atoms with Crippen LogP contribution in [0.1, 0.15) is 239 Å². The van der Waals surface area contributed by atoms with Crippen LogP contribution in [-0.4, -0.2) is 37.2 Å². The van der Waals surface area contributed by atoms with E-state index in [0.717, 1.165) is 128 Å². The zero-order valence-electron chi connectivity index (χ0n) is 45.7. The van der Waals surface area contributed by atoms with Crippen molar-refractivity contribution in [1.82, 2.24) is 0 Å². The Morgan fingerprint density at radius 1 is 0.296 bits per heavy atom. The van der Waals surface area contributed by atoms with Crippen LogP contribution < -0.4 is 0 Å². The second-order valence-corrected chi connectivity index (χ2v) is 18.4. The van der Waals surface area contributed by atoms with Crippen LogP contribution in [0.3, 0.4) is 0 Å². The van der Waals surface area contributed by atoms with Crippen LogP contribution in [0.25, 0.3) is 0 Å². The molecule has 1 atom stereocenters. The van der Waals surface area contributed by atoms with E-state index in [9.17, 15) is 14.4 Å². The van der Waals surface area contributed by atoms with Gasteiger partial charge in [0.25, 0.3) is 0 Å². The van der Waals surface area contributed by atoms with Crippen LogP contribution in [-0.2, 0) is 28.6 Å². The van der Waals surface area contributed by atoms with E-state index < -0.39 is 6.10 Å². The summed E-state index contributed by atoms with van der Waals surface area (Å²) in [4.78, 5) is 38.1. The van der Waals surface area contributed by atoms with Gasteiger partial charge in [-0.3, -0.25) is 14.4 Å². The third-order valence-electron chi connectivity index (χ3n) is 11.6. The van der Waals surface area contributed by atoms with Gasteiger partial charge < -0.3 is 14.2 Å². The Balaban J connectivity index is 4.40. The standard InChI is InChI=1S/C65H104O6/c1-4-7-10-13-16-19-22-24-26-28-29-30-31-32-33-34-35-37-38-40-43-46-49-52-55-58-64(67)70-61-62(60-69-63(66)57-54-51-48-45-42-21-18-15-12-9-6-3)71-65(68)59-56-53-50-47-44-41-39-36-27-25-23-20-17-14-11-8-5-2/h7-8,10-11,15-20,24-27,29-30,32-33,39,41,47,50,62H,4-6,9,12-14,21-23,28,31,34-38,40,42-46,48-49,51-61H2,1-3H3/b10-7-,11-8-,18-15-,19-16-,20-17-,26-24-,27-25-,30-29-,33-32-,41-39-,50-47-. The molecule has 0 heterocycles. The maximum atomic E-state index is 12.8. The highest BCUT2D eigenvalue weighted by atomic mass is 16.6. The van der Waals surface area contributed by atoms with Gasteiger partial charge in [-0.05, 0) is 122 Å². The third kappa shape index (κ3) is 56.3. The third-order valence-corrected chi connectivity index (χ3v) is 11.6. The Morgan fingerprint density at radius 3 is 0.915 bits per heavy atom. The molecule has 0 amide bonds. The lowest BCUT2D eigenvalue weighted by Gasteiger charge is -2.18. The van der Waals surface area contributed by atoms with Crippen molar-refractivity contribution in [3.63, 3.8) is 0 Å². The fourth-order valence-corrected chi connectivity index (χ4v) is 7.37. The van der Waals surface area contributed by atoms with Crippen molar-refractivity contribution in [2.24, 2.45) is 0 Å². The summed E-state index contributed by atoms with van der Waals surface area (Å²) in [7, 11) is 0. The molecule has 1 unspecified atom stereocenters. The van der Waals surface area contributed by atoms with Gasteiger partial charge in [0.15, 0.2) is 6.10 Å². The van der Waals surface area contributed by atoms with Crippen LogP contribution in [0.15, 0.2) is 134 Å². The molecular weight excluding hydrogens is 877 g/mol. The van der Waals surface area contributed by atoms with E-state index in [0.29, 0.717) is 19.3 Å². The quantitative estimate of drug-likeness (QED) is 0.0262. The highest BCUT2D eigenvalue weighted by Crippen LogP contribution is 2.14. The molecule has 0 bridgehead atoms. The van der Waals surface area contributed by atoms with Crippen LogP contribution >= 0.6 is 0 Å². The van der Waals surface area contributed by atoms with Crippen molar-refractivity contribution in [1.29, 1.82) is 0 Å². The van der Waals surface area contributed by atoms with Gasteiger partial charge in [0.05, 0.1) is 0 Å². The van der Waals surface area contributed by atoms with E-state index in [2.05, 4.69) is 154 Å². The second-order valence-electron chi connectivity index (χ2n) is 18.4. The summed E-state index contributed by atoms with van der Waals surface area (Å²) in [5, 5.41) is 0. The van der Waals surface area contributed by atoms with E-state index in [-0.39, 0.29) is 37.5 Å². The van der Waals surface area contributed by atoms with Crippen LogP contribution in [0, 0.1) is 0 Å². The summed E-state index contributed by atoms with van der Waals surface area (Å²) in [5.74, 6) is -0.990. The van der Waals surface area contributed by atoms with Gasteiger partial charge in [0.2, 0.25) is 0 Å². The summed E-state index contributed by atoms with van der Waals surface area (Å²) in [6.07, 6.45) is 81.7. The molecule has 0 aliphatic carbocycles. The normalized spacial score (nSPS) is 13.1. The second kappa shape index (κ2) is 58.1. The first-order valence-corrected chi connectivity index (χ1v) is 28.7. The van der Waals surface area contributed by atoms with E-state index in [1.54, 1.807) is 0 Å². The average Bonchev–Trinajstić information content (AvgIpc) is 3.37. The van der Waals surface area contributed by atoms with Gasteiger partial charge in [-0.15, -0.1) is 0 Å². The zero-order valence-corrected chi connectivity index (χ0v) is 45.7. The SMILES string of the molecule is CC/C=C\C/C=C\C/C=C\C/C=C\C/C=C\CCCCCCCCCCCC(=O)OCC(COC(=O)CCCCCCC/C=C\CCCC)OC(=O)CCC/C=C\C/C=C\C/C=C\C/C=C\C/C=C\CC. The van der Waals surface area contributed by atoms with Gasteiger partial charge in [-0.25, -0.2) is 0 Å². The van der Waals surface area contributed by atoms with Crippen molar-refractivity contribution >= 4 is 17.9 Å². The molecule has 0 fully saturated rings. The highest BCUT2D eigenvalue weighted by Gasteiger charge is 2.19. The molecule has 400 valence electrons. The molecule has 0 aromatic heterocycles. The molecule has 0 saturated carbocycles. The Labute approximate surface area is 436 Å². The molecule has 0 N–H and O–H groups in total. The fourth-order valence-electron chi connectivity index (χ4n) is 7.37. The van der Waals surface area contributed by atoms with Crippen LogP contribution in [0.5, 0.6) is 0 Å². The Morgan fingerprint density at radius 2 is 0.563 bits per heavy atom. The van der Waals surface area contributed by atoms with E-state index in [4.69, 9.17) is 14.2 Å². The first kappa shape index (κ1) is 66.6. The molecule has 6 heteroatoms. The summed E-state index contributed by atoms with van der Waals surface area (Å²) < 4.78 is 16.8. The number of hydrogen-bond acceptors (Lipinski definition) is 6. The molecule has 0 aromatic carbocycles. The molecule has 0 radical (unpaired) electrons. The monoisotopic (exact) mass is 981 g/mol. The van der Waals surface area contributed by atoms with Gasteiger partial charge in [0, 0.05) is 19.3 Å². The number of ether oxygens (including phenoxy) is 3. The van der Waals surface area contributed by atoms with Crippen molar-refractivity contribution in [3.8, 4) is 0 Å². The van der Waals surface area contributed by atoms with Gasteiger partial charge >= 0.3 is 17.9 Å². The lowest BCUT2D eigenvalue weighted by molar-refractivity contribution is -0.167. The molecule has 0 aliphatic heterocycles. The lowest BCUT2D eigenvalue weighted by Crippen LogP contribution is -2.30. The number of allylic oxidation sites excluding steroid dienone is 22. The summed E-state index contributed by atoms with van der Waals surface area (Å²) >= 11 is 0. The zero-order chi connectivity index (χ0) is 51.4. The lowest BCUT2D eigenvalue weighted by atomic mass is 10.1. The average molecular weight is 982 g/mol. The van der Waals surface area contributed by atoms with Gasteiger partial charge in [-0.1, -0.05) is 231 Å². The molecular formula is C65H104O6. The van der Waals surface area contributed by atoms with Crippen molar-refractivity contribution in [2.75, 3.05) is 13.2 Å². The molecule has 0 rings (SSSR count). The first-order chi connectivity index (χ1) is 35.0. The molecule has 6 nitrogen and oxygen atoms in total. The summed E-state index contributed by atoms with van der Waals surface area (Å²) in [6, 6.07) is 0. The van der Waals surface area contributed by atoms with Crippen LogP contribution in [0.2, 0.25) is 0 Å². The highest BCUT2D eigenvalue weighted by molar-refractivity contribution is 5.71. The fraction of sp³-hybridized carbons (Fsp3) is 0.615. The minimum Gasteiger partial charge on any atom is -0.462 e. The maximum absolute atomic E-state index is 12.8. The predicted molar refractivity (Wildman–Crippen MR) is 306 cm³/mol. The first-order valence-electron chi connectivity index (χ1n) is 28.7. The Hall–Kier alpha value is -4.45. The van der Waals surface area contributed by atoms with Gasteiger partial charge in [-0.2, -0.15) is 0 Å². The Kier molecular flexibility index (Phi) is 54.5. The largest absolute Gasteiger partial charge is 0.462 e. The Bertz CT molecular complexity index is 1550. The molecule has 71 heavy (non-hydrogen) atoms. The molecule has 0 spiro atoms. The topological polar surface area (TPSA) is 78.9 Å².